The normalized spacial score (nSPS) is 11.8. The number of carboxylic acid groups (broad SMARTS) is 1. The summed E-state index contributed by atoms with van der Waals surface area (Å²) in [5.74, 6) is -2.17. The molecule has 126 valence electrons. The van der Waals surface area contributed by atoms with Gasteiger partial charge < -0.3 is 16.2 Å². The fourth-order valence-corrected chi connectivity index (χ4v) is 2.18. The summed E-state index contributed by atoms with van der Waals surface area (Å²) >= 11 is 0. The lowest BCUT2D eigenvalue weighted by molar-refractivity contribution is -0.139. The number of aromatic amines is 1. The molecule has 0 aliphatic heterocycles. The molecule has 10 nitrogen and oxygen atoms in total. The molecule has 2 aromatic heterocycles. The lowest BCUT2D eigenvalue weighted by Crippen LogP contribution is -2.34. The Morgan fingerprint density at radius 3 is 2.60 bits per heavy atom. The van der Waals surface area contributed by atoms with Crippen LogP contribution in [0.5, 0.6) is 0 Å². The highest BCUT2D eigenvalue weighted by molar-refractivity contribution is 5.96. The van der Waals surface area contributed by atoms with Crippen molar-refractivity contribution in [2.75, 3.05) is 5.73 Å². The van der Waals surface area contributed by atoms with Gasteiger partial charge in [-0.2, -0.15) is 4.98 Å². The number of carbonyl (C=O) groups is 2. The molecule has 2 heterocycles. The van der Waals surface area contributed by atoms with Crippen molar-refractivity contribution < 1.29 is 14.7 Å². The van der Waals surface area contributed by atoms with Crippen molar-refractivity contribution in [3.8, 4) is 0 Å². The van der Waals surface area contributed by atoms with E-state index >= 15 is 0 Å². The minimum absolute atomic E-state index is 0.0800. The summed E-state index contributed by atoms with van der Waals surface area (Å²) in [4.78, 5) is 49.3. The van der Waals surface area contributed by atoms with E-state index < -0.39 is 23.5 Å². The molecule has 1 amide bonds. The van der Waals surface area contributed by atoms with Gasteiger partial charge in [0, 0.05) is 0 Å². The highest BCUT2D eigenvalue weighted by atomic mass is 16.4. The molecule has 1 atom stereocenters. The molecule has 0 aliphatic rings. The first-order chi connectivity index (χ1) is 12.0. The summed E-state index contributed by atoms with van der Waals surface area (Å²) in [5, 5.41) is 11.7. The Balaban J connectivity index is 1.93. The number of amides is 1. The number of nitrogens with one attached hydrogen (secondary N) is 2. The fourth-order valence-electron chi connectivity index (χ4n) is 2.18. The summed E-state index contributed by atoms with van der Waals surface area (Å²) in [6.07, 6.45) is 1.06. The number of carbonyl (C=O) groups excluding carboxylic acids is 1. The number of aliphatic carboxylic acids is 1. The van der Waals surface area contributed by atoms with Crippen LogP contribution in [0.3, 0.4) is 0 Å². The van der Waals surface area contributed by atoms with Crippen LogP contribution >= 0.6 is 0 Å². The molecule has 0 fully saturated rings. The standard InChI is InChI=1S/C15H12N6O4/c16-15-20-11-10(13(23)21-15)17-6-8(18-11)12(22)19-9(14(24)25)7-4-2-1-3-5-7/h1-6,9H,(H,19,22)(H,24,25)(H3,16,18,20,21,23)/t9-/m1/s1. The van der Waals surface area contributed by atoms with Crippen molar-refractivity contribution in [3.63, 3.8) is 0 Å². The smallest absolute Gasteiger partial charge is 0.330 e. The van der Waals surface area contributed by atoms with Gasteiger partial charge in [-0.05, 0) is 5.56 Å². The second-order valence-electron chi connectivity index (χ2n) is 5.03. The van der Waals surface area contributed by atoms with Crippen LogP contribution in [-0.2, 0) is 4.79 Å². The number of carboxylic acids is 1. The van der Waals surface area contributed by atoms with Crippen molar-refractivity contribution >= 4 is 29.0 Å². The molecular weight excluding hydrogens is 328 g/mol. The van der Waals surface area contributed by atoms with Gasteiger partial charge >= 0.3 is 5.97 Å². The molecule has 0 spiro atoms. The number of nitrogens with two attached hydrogens (primary N) is 1. The summed E-state index contributed by atoms with van der Waals surface area (Å²) < 4.78 is 0. The largest absolute Gasteiger partial charge is 0.479 e. The first-order valence-corrected chi connectivity index (χ1v) is 7.07. The maximum absolute atomic E-state index is 12.3. The number of benzene rings is 1. The molecule has 10 heteroatoms. The van der Waals surface area contributed by atoms with Gasteiger partial charge in [-0.25, -0.2) is 14.8 Å². The summed E-state index contributed by atoms with van der Waals surface area (Å²) in [7, 11) is 0. The van der Waals surface area contributed by atoms with Crippen molar-refractivity contribution in [2.45, 2.75) is 6.04 Å². The highest BCUT2D eigenvalue weighted by Gasteiger charge is 2.23. The van der Waals surface area contributed by atoms with Gasteiger partial charge in [0.15, 0.2) is 17.2 Å². The van der Waals surface area contributed by atoms with E-state index in [4.69, 9.17) is 5.73 Å². The number of anilines is 1. The maximum atomic E-state index is 12.3. The Kier molecular flexibility index (Phi) is 4.08. The number of fused-ring (bicyclic) bond motifs is 1. The second kappa shape index (κ2) is 6.35. The Morgan fingerprint density at radius 1 is 1.20 bits per heavy atom. The van der Waals surface area contributed by atoms with Crippen molar-refractivity contribution in [1.29, 1.82) is 0 Å². The Labute approximate surface area is 139 Å². The minimum atomic E-state index is -1.26. The molecule has 5 N–H and O–H groups in total. The molecule has 0 aliphatic carbocycles. The lowest BCUT2D eigenvalue weighted by Gasteiger charge is -2.14. The number of hydrogen-bond donors (Lipinski definition) is 4. The van der Waals surface area contributed by atoms with Crippen molar-refractivity contribution in [1.82, 2.24) is 25.3 Å². The molecular formula is C15H12N6O4. The monoisotopic (exact) mass is 340 g/mol. The number of nitrogens with zero attached hydrogens (tertiary/aromatic N) is 3. The van der Waals surface area contributed by atoms with Crippen LogP contribution in [0, 0.1) is 0 Å². The Morgan fingerprint density at radius 2 is 1.92 bits per heavy atom. The SMILES string of the molecule is Nc1nc2nc(C(=O)N[C@@H](C(=O)O)c3ccccc3)cnc2c(=O)[nH]1. The molecule has 0 radical (unpaired) electrons. The van der Waals surface area contributed by atoms with Crippen molar-refractivity contribution in [3.05, 3.63) is 58.1 Å². The molecule has 0 bridgehead atoms. The number of hydrogen-bond acceptors (Lipinski definition) is 7. The first kappa shape index (κ1) is 16.1. The van der Waals surface area contributed by atoms with Crippen LogP contribution in [0.4, 0.5) is 5.95 Å². The van der Waals surface area contributed by atoms with Crippen LogP contribution in [0.25, 0.3) is 11.2 Å². The first-order valence-electron chi connectivity index (χ1n) is 7.07. The zero-order valence-electron chi connectivity index (χ0n) is 12.6. The van der Waals surface area contributed by atoms with Crippen LogP contribution in [0.1, 0.15) is 22.1 Å². The maximum Gasteiger partial charge on any atom is 0.330 e. The molecule has 3 aromatic rings. The molecule has 0 saturated heterocycles. The van der Waals surface area contributed by atoms with Gasteiger partial charge in [-0.1, -0.05) is 30.3 Å². The Bertz CT molecular complexity index is 1020. The molecule has 0 unspecified atom stereocenters. The number of aromatic nitrogens is 4. The molecule has 1 aromatic carbocycles. The van der Waals surface area contributed by atoms with E-state index in [1.807, 2.05) is 0 Å². The van der Waals surface area contributed by atoms with E-state index in [0.29, 0.717) is 5.56 Å². The average molecular weight is 340 g/mol. The van der Waals surface area contributed by atoms with Crippen LogP contribution in [0.2, 0.25) is 0 Å². The van der Waals surface area contributed by atoms with E-state index in [9.17, 15) is 19.5 Å². The zero-order chi connectivity index (χ0) is 18.0. The van der Waals surface area contributed by atoms with Gasteiger partial charge in [0.1, 0.15) is 5.69 Å². The molecule has 3 rings (SSSR count). The van der Waals surface area contributed by atoms with Crippen LogP contribution in [-0.4, -0.2) is 36.9 Å². The molecule has 0 saturated carbocycles. The second-order valence-corrected chi connectivity index (χ2v) is 5.03. The third-order valence-corrected chi connectivity index (χ3v) is 3.33. The van der Waals surface area contributed by atoms with E-state index in [2.05, 4.69) is 25.3 Å². The predicted molar refractivity (Wildman–Crippen MR) is 86.7 cm³/mol. The highest BCUT2D eigenvalue weighted by Crippen LogP contribution is 2.13. The van der Waals surface area contributed by atoms with E-state index in [0.717, 1.165) is 6.20 Å². The van der Waals surface area contributed by atoms with Gasteiger partial charge in [-0.15, -0.1) is 0 Å². The van der Waals surface area contributed by atoms with Crippen LogP contribution < -0.4 is 16.6 Å². The quantitative estimate of drug-likeness (QED) is 0.509. The van der Waals surface area contributed by atoms with E-state index in [1.165, 1.54) is 0 Å². The lowest BCUT2D eigenvalue weighted by atomic mass is 10.1. The topological polar surface area (TPSA) is 164 Å². The fraction of sp³-hybridized carbons (Fsp3) is 0.0667. The van der Waals surface area contributed by atoms with E-state index in [-0.39, 0.29) is 22.8 Å². The predicted octanol–water partition coefficient (Wildman–Crippen LogP) is -0.149. The number of rotatable bonds is 4. The summed E-state index contributed by atoms with van der Waals surface area (Å²) in [6, 6.07) is 6.94. The third kappa shape index (κ3) is 3.27. The zero-order valence-corrected chi connectivity index (χ0v) is 12.6. The summed E-state index contributed by atoms with van der Waals surface area (Å²) in [6.45, 7) is 0. The summed E-state index contributed by atoms with van der Waals surface area (Å²) in [5.41, 5.74) is 4.87. The number of H-pyrrole nitrogens is 1. The third-order valence-electron chi connectivity index (χ3n) is 3.33. The van der Waals surface area contributed by atoms with Gasteiger partial charge in [0.05, 0.1) is 6.20 Å². The molecule has 25 heavy (non-hydrogen) atoms. The minimum Gasteiger partial charge on any atom is -0.479 e. The Hall–Kier alpha value is -3.82. The van der Waals surface area contributed by atoms with Gasteiger partial charge in [-0.3, -0.25) is 14.6 Å². The van der Waals surface area contributed by atoms with E-state index in [1.54, 1.807) is 30.3 Å². The average Bonchev–Trinajstić information content (AvgIpc) is 2.59. The van der Waals surface area contributed by atoms with Crippen LogP contribution in [0.15, 0.2) is 41.3 Å². The number of nitrogen functional groups attached to an aromatic ring is 1. The van der Waals surface area contributed by atoms with Gasteiger partial charge in [0.2, 0.25) is 5.95 Å². The van der Waals surface area contributed by atoms with Gasteiger partial charge in [0.25, 0.3) is 11.5 Å². The van der Waals surface area contributed by atoms with Crippen molar-refractivity contribution in [2.24, 2.45) is 0 Å².